The van der Waals surface area contributed by atoms with E-state index < -0.39 is 5.82 Å². The lowest BCUT2D eigenvalue weighted by Gasteiger charge is -2.38. The monoisotopic (exact) mass is 420 g/mol. The highest BCUT2D eigenvalue weighted by atomic mass is 19.1. The minimum Gasteiger partial charge on any atom is -0.494 e. The van der Waals surface area contributed by atoms with Crippen molar-refractivity contribution in [1.82, 2.24) is 25.0 Å². The standard InChI is InChI=1S/C22H21FN6O2/c1-22(12-31-13-22)26-21-24-8-7-17(25-21)15-4-5-19-18(10-15)27-28-29(19)11-14-3-6-20(30-2)16(23)9-14/h3-10H,11-13H2,1-2H3,(H,24,25,26). The Morgan fingerprint density at radius 3 is 2.81 bits per heavy atom. The number of hydrogen-bond donors (Lipinski definition) is 1. The van der Waals surface area contributed by atoms with Gasteiger partial charge in [-0.3, -0.25) is 0 Å². The third kappa shape index (κ3) is 3.79. The van der Waals surface area contributed by atoms with E-state index in [0.29, 0.717) is 25.7 Å². The van der Waals surface area contributed by atoms with Crippen molar-refractivity contribution in [1.29, 1.82) is 0 Å². The molecule has 31 heavy (non-hydrogen) atoms. The molecular weight excluding hydrogens is 399 g/mol. The number of hydrogen-bond acceptors (Lipinski definition) is 7. The SMILES string of the molecule is COc1ccc(Cn2nnc3cc(-c4ccnc(NC5(C)COC5)n4)ccc32)cc1F. The first-order valence-electron chi connectivity index (χ1n) is 9.88. The summed E-state index contributed by atoms with van der Waals surface area (Å²) in [5, 5.41) is 11.8. The van der Waals surface area contributed by atoms with Crippen LogP contribution in [-0.2, 0) is 11.3 Å². The summed E-state index contributed by atoms with van der Waals surface area (Å²) in [6.07, 6.45) is 1.73. The number of nitrogens with one attached hydrogen (secondary N) is 1. The zero-order valence-electron chi connectivity index (χ0n) is 17.2. The molecule has 1 aliphatic rings. The molecule has 3 heterocycles. The fourth-order valence-electron chi connectivity index (χ4n) is 3.56. The Bertz CT molecular complexity index is 1250. The molecule has 2 aromatic heterocycles. The Hall–Kier alpha value is -3.59. The molecule has 1 aliphatic heterocycles. The second-order valence-corrected chi connectivity index (χ2v) is 7.86. The molecule has 0 radical (unpaired) electrons. The normalized spacial score (nSPS) is 14.9. The highest BCUT2D eigenvalue weighted by molar-refractivity contribution is 5.80. The van der Waals surface area contributed by atoms with E-state index in [0.717, 1.165) is 27.9 Å². The summed E-state index contributed by atoms with van der Waals surface area (Å²) >= 11 is 0. The molecule has 5 rings (SSSR count). The van der Waals surface area contributed by atoms with Crippen LogP contribution in [0.4, 0.5) is 10.3 Å². The molecule has 0 spiro atoms. The van der Waals surface area contributed by atoms with Gasteiger partial charge in [-0.05, 0) is 42.8 Å². The first kappa shape index (κ1) is 19.4. The van der Waals surface area contributed by atoms with Crippen molar-refractivity contribution in [3.8, 4) is 17.0 Å². The fraction of sp³-hybridized carbons (Fsp3) is 0.273. The van der Waals surface area contributed by atoms with Crippen molar-refractivity contribution in [3.63, 3.8) is 0 Å². The topological polar surface area (TPSA) is 87.0 Å². The molecule has 0 bridgehead atoms. The lowest BCUT2D eigenvalue weighted by Crippen LogP contribution is -2.53. The summed E-state index contributed by atoms with van der Waals surface area (Å²) < 4.78 is 26.0. The van der Waals surface area contributed by atoms with Gasteiger partial charge in [0, 0.05) is 11.8 Å². The van der Waals surface area contributed by atoms with E-state index in [-0.39, 0.29) is 11.3 Å². The largest absolute Gasteiger partial charge is 0.494 e. The molecule has 0 saturated carbocycles. The van der Waals surface area contributed by atoms with Crippen molar-refractivity contribution in [2.75, 3.05) is 25.6 Å². The van der Waals surface area contributed by atoms with Crippen molar-refractivity contribution in [3.05, 3.63) is 60.0 Å². The molecule has 0 atom stereocenters. The molecule has 9 heteroatoms. The van der Waals surface area contributed by atoms with E-state index in [1.165, 1.54) is 13.2 Å². The second kappa shape index (κ2) is 7.59. The maximum atomic E-state index is 14.0. The molecule has 0 amide bonds. The predicted octanol–water partition coefficient (Wildman–Crippen LogP) is 3.29. The maximum Gasteiger partial charge on any atom is 0.223 e. The molecule has 1 N–H and O–H groups in total. The van der Waals surface area contributed by atoms with Crippen molar-refractivity contribution in [2.45, 2.75) is 19.0 Å². The van der Waals surface area contributed by atoms with Crippen LogP contribution in [0.3, 0.4) is 0 Å². The van der Waals surface area contributed by atoms with Gasteiger partial charge in [0.15, 0.2) is 11.6 Å². The van der Waals surface area contributed by atoms with Gasteiger partial charge in [0.25, 0.3) is 0 Å². The Morgan fingerprint density at radius 2 is 2.06 bits per heavy atom. The van der Waals surface area contributed by atoms with Gasteiger partial charge in [0.2, 0.25) is 5.95 Å². The molecule has 4 aromatic rings. The zero-order chi connectivity index (χ0) is 21.4. The third-order valence-corrected chi connectivity index (χ3v) is 5.27. The first-order chi connectivity index (χ1) is 15.0. The summed E-state index contributed by atoms with van der Waals surface area (Å²) in [6, 6.07) is 12.6. The van der Waals surface area contributed by atoms with Crippen LogP contribution in [0, 0.1) is 5.82 Å². The van der Waals surface area contributed by atoms with Crippen LogP contribution >= 0.6 is 0 Å². The van der Waals surface area contributed by atoms with E-state index in [1.54, 1.807) is 16.9 Å². The minimum atomic E-state index is -0.401. The molecule has 8 nitrogen and oxygen atoms in total. The van der Waals surface area contributed by atoms with E-state index in [4.69, 9.17) is 9.47 Å². The summed E-state index contributed by atoms with van der Waals surface area (Å²) in [7, 11) is 1.44. The highest BCUT2D eigenvalue weighted by Crippen LogP contribution is 2.25. The lowest BCUT2D eigenvalue weighted by molar-refractivity contribution is -0.0322. The van der Waals surface area contributed by atoms with E-state index >= 15 is 0 Å². The van der Waals surface area contributed by atoms with Crippen LogP contribution in [0.5, 0.6) is 5.75 Å². The fourth-order valence-corrected chi connectivity index (χ4v) is 3.56. The summed E-state index contributed by atoms with van der Waals surface area (Å²) in [6.45, 7) is 3.74. The Labute approximate surface area is 178 Å². The predicted molar refractivity (Wildman–Crippen MR) is 113 cm³/mol. The number of aromatic nitrogens is 5. The average Bonchev–Trinajstić information content (AvgIpc) is 3.15. The van der Waals surface area contributed by atoms with Crippen LogP contribution in [-0.4, -0.2) is 50.8 Å². The number of anilines is 1. The van der Waals surface area contributed by atoms with Gasteiger partial charge >= 0.3 is 0 Å². The third-order valence-electron chi connectivity index (χ3n) is 5.27. The number of nitrogens with zero attached hydrogens (tertiary/aromatic N) is 5. The Balaban J connectivity index is 1.40. The average molecular weight is 420 g/mol. The lowest BCUT2D eigenvalue weighted by atomic mass is 10.0. The van der Waals surface area contributed by atoms with Crippen molar-refractivity contribution in [2.24, 2.45) is 0 Å². The van der Waals surface area contributed by atoms with Crippen LogP contribution in [0.25, 0.3) is 22.3 Å². The molecule has 0 aliphatic carbocycles. The van der Waals surface area contributed by atoms with Crippen LogP contribution in [0.2, 0.25) is 0 Å². The van der Waals surface area contributed by atoms with E-state index in [1.807, 2.05) is 30.3 Å². The van der Waals surface area contributed by atoms with E-state index in [2.05, 4.69) is 32.5 Å². The number of halogens is 1. The quantitative estimate of drug-likeness (QED) is 0.512. The highest BCUT2D eigenvalue weighted by Gasteiger charge is 2.33. The van der Waals surface area contributed by atoms with Gasteiger partial charge in [-0.15, -0.1) is 5.10 Å². The van der Waals surface area contributed by atoms with Gasteiger partial charge < -0.3 is 14.8 Å². The Kier molecular flexibility index (Phi) is 4.74. The van der Waals surface area contributed by atoms with Gasteiger partial charge in [-0.1, -0.05) is 17.3 Å². The van der Waals surface area contributed by atoms with Gasteiger partial charge in [0.1, 0.15) is 5.52 Å². The first-order valence-corrected chi connectivity index (χ1v) is 9.88. The van der Waals surface area contributed by atoms with Gasteiger partial charge in [-0.2, -0.15) is 0 Å². The zero-order valence-corrected chi connectivity index (χ0v) is 17.2. The van der Waals surface area contributed by atoms with Crippen LogP contribution < -0.4 is 10.1 Å². The number of fused-ring (bicyclic) bond motifs is 1. The molecule has 158 valence electrons. The summed E-state index contributed by atoms with van der Waals surface area (Å²) in [4.78, 5) is 8.95. The molecule has 1 fully saturated rings. The van der Waals surface area contributed by atoms with E-state index in [9.17, 15) is 4.39 Å². The second-order valence-electron chi connectivity index (χ2n) is 7.86. The smallest absolute Gasteiger partial charge is 0.223 e. The molecular formula is C22H21FN6O2. The number of methoxy groups -OCH3 is 1. The maximum absolute atomic E-state index is 14.0. The van der Waals surface area contributed by atoms with Crippen LogP contribution in [0.15, 0.2) is 48.7 Å². The van der Waals surface area contributed by atoms with Gasteiger partial charge in [0.05, 0.1) is 43.6 Å². The van der Waals surface area contributed by atoms with Gasteiger partial charge in [-0.25, -0.2) is 19.0 Å². The number of rotatable bonds is 6. The summed E-state index contributed by atoms with van der Waals surface area (Å²) in [5.41, 5.74) is 3.93. The molecule has 2 aromatic carbocycles. The molecule has 0 unspecified atom stereocenters. The molecule has 1 saturated heterocycles. The number of ether oxygens (including phenoxy) is 2. The van der Waals surface area contributed by atoms with Crippen molar-refractivity contribution < 1.29 is 13.9 Å². The van der Waals surface area contributed by atoms with Crippen LogP contribution in [0.1, 0.15) is 12.5 Å². The summed E-state index contributed by atoms with van der Waals surface area (Å²) in [5.74, 6) is 0.380. The minimum absolute atomic E-state index is 0.133. The van der Waals surface area contributed by atoms with Crippen molar-refractivity contribution >= 4 is 17.0 Å². The number of benzene rings is 2. The Morgan fingerprint density at radius 1 is 1.19 bits per heavy atom.